The quantitative estimate of drug-likeness (QED) is 0.464. The molecular weight excluding hydrogens is 397 g/mol. The molecule has 0 saturated carbocycles. The smallest absolute Gasteiger partial charge is 0.271 e. The van der Waals surface area contributed by atoms with E-state index in [1.807, 2.05) is 18.2 Å². The number of carbonyl (C=O) groups excluding carboxylic acids is 1. The first kappa shape index (κ1) is 22.3. The Hall–Kier alpha value is -3.35. The van der Waals surface area contributed by atoms with Crippen molar-refractivity contribution >= 4 is 5.91 Å². The maximum atomic E-state index is 13.5. The monoisotopic (exact) mass is 425 g/mol. The third-order valence-electron chi connectivity index (χ3n) is 5.01. The first-order valence-electron chi connectivity index (χ1n) is 10.4. The third kappa shape index (κ3) is 5.23. The van der Waals surface area contributed by atoms with Gasteiger partial charge in [-0.1, -0.05) is 32.3 Å². The Bertz CT molecular complexity index is 993. The lowest BCUT2D eigenvalue weighted by molar-refractivity contribution is 0.0947. The summed E-state index contributed by atoms with van der Waals surface area (Å²) in [6, 6.07) is 13.1. The summed E-state index contributed by atoms with van der Waals surface area (Å²) in [6.07, 6.45) is 4.28. The van der Waals surface area contributed by atoms with Crippen LogP contribution in [0.5, 0.6) is 11.5 Å². The van der Waals surface area contributed by atoms with Crippen molar-refractivity contribution in [3.8, 4) is 28.4 Å². The van der Waals surface area contributed by atoms with E-state index in [0.29, 0.717) is 35.0 Å². The van der Waals surface area contributed by atoms with E-state index in [-0.39, 0.29) is 17.4 Å². The molecule has 0 fully saturated rings. The normalized spacial score (nSPS) is 10.7. The number of halogens is 1. The summed E-state index contributed by atoms with van der Waals surface area (Å²) < 4.78 is 26.2. The Labute approximate surface area is 182 Å². The maximum Gasteiger partial charge on any atom is 0.271 e. The molecule has 0 spiro atoms. The van der Waals surface area contributed by atoms with Gasteiger partial charge in [0, 0.05) is 6.54 Å². The van der Waals surface area contributed by atoms with Crippen LogP contribution < -0.4 is 14.8 Å². The highest BCUT2D eigenvalue weighted by molar-refractivity contribution is 5.94. The van der Waals surface area contributed by atoms with Crippen molar-refractivity contribution in [2.45, 2.75) is 32.6 Å². The molecule has 1 heterocycles. The highest BCUT2D eigenvalue weighted by atomic mass is 19.1. The zero-order valence-corrected chi connectivity index (χ0v) is 18.2. The van der Waals surface area contributed by atoms with Crippen molar-refractivity contribution in [2.24, 2.45) is 0 Å². The van der Waals surface area contributed by atoms with Crippen LogP contribution in [0, 0.1) is 5.82 Å². The molecule has 0 aliphatic carbocycles. The highest BCUT2D eigenvalue weighted by Gasteiger charge is 2.22. The van der Waals surface area contributed by atoms with Crippen LogP contribution in [0.1, 0.15) is 43.1 Å². The molecule has 0 radical (unpaired) electrons. The summed E-state index contributed by atoms with van der Waals surface area (Å²) in [6.45, 7) is 2.74. The lowest BCUT2D eigenvalue weighted by Crippen LogP contribution is -2.25. The average Bonchev–Trinajstić information content (AvgIpc) is 3.23. The Balaban J connectivity index is 2.02. The SMILES string of the molecule is CCCCCCNC(=O)c1cc(-c2c(OC)cccc2OC)n(-c2ccc(F)cc2)n1. The Morgan fingerprint density at radius 3 is 2.32 bits per heavy atom. The number of nitrogens with one attached hydrogen (secondary N) is 1. The second-order valence-electron chi connectivity index (χ2n) is 7.16. The van der Waals surface area contributed by atoms with Gasteiger partial charge in [-0.15, -0.1) is 0 Å². The van der Waals surface area contributed by atoms with Crippen molar-refractivity contribution in [1.82, 2.24) is 15.1 Å². The minimum atomic E-state index is -0.350. The van der Waals surface area contributed by atoms with Crippen molar-refractivity contribution in [2.75, 3.05) is 20.8 Å². The van der Waals surface area contributed by atoms with Gasteiger partial charge in [-0.05, 0) is 48.9 Å². The molecule has 7 heteroatoms. The summed E-state index contributed by atoms with van der Waals surface area (Å²) in [5.74, 6) is 0.549. The van der Waals surface area contributed by atoms with Gasteiger partial charge < -0.3 is 14.8 Å². The zero-order valence-electron chi connectivity index (χ0n) is 18.2. The van der Waals surface area contributed by atoms with Crippen molar-refractivity contribution in [3.05, 3.63) is 60.0 Å². The highest BCUT2D eigenvalue weighted by Crippen LogP contribution is 2.39. The molecule has 1 amide bonds. The van der Waals surface area contributed by atoms with Crippen LogP contribution >= 0.6 is 0 Å². The summed E-state index contributed by atoms with van der Waals surface area (Å²) in [5, 5.41) is 7.45. The number of nitrogens with zero attached hydrogens (tertiary/aromatic N) is 2. The van der Waals surface area contributed by atoms with E-state index in [1.165, 1.54) is 12.1 Å². The van der Waals surface area contributed by atoms with Gasteiger partial charge >= 0.3 is 0 Å². The fourth-order valence-corrected chi connectivity index (χ4v) is 3.40. The molecular formula is C24H28FN3O3. The molecule has 0 atom stereocenters. The summed E-state index contributed by atoms with van der Waals surface area (Å²) >= 11 is 0. The van der Waals surface area contributed by atoms with Crippen LogP contribution in [0.25, 0.3) is 16.9 Å². The molecule has 6 nitrogen and oxygen atoms in total. The van der Waals surface area contributed by atoms with Gasteiger partial charge in [-0.25, -0.2) is 9.07 Å². The third-order valence-corrected chi connectivity index (χ3v) is 5.01. The molecule has 0 unspecified atom stereocenters. The van der Waals surface area contributed by atoms with Crippen LogP contribution in [0.3, 0.4) is 0 Å². The minimum absolute atomic E-state index is 0.257. The predicted molar refractivity (Wildman–Crippen MR) is 119 cm³/mol. The Morgan fingerprint density at radius 1 is 1.03 bits per heavy atom. The number of hydrogen-bond acceptors (Lipinski definition) is 4. The molecule has 1 N–H and O–H groups in total. The van der Waals surface area contributed by atoms with Crippen LogP contribution in [0.2, 0.25) is 0 Å². The molecule has 2 aromatic carbocycles. The average molecular weight is 426 g/mol. The molecule has 0 bridgehead atoms. The molecule has 0 aliphatic rings. The van der Waals surface area contributed by atoms with E-state index in [9.17, 15) is 9.18 Å². The number of benzene rings is 2. The van der Waals surface area contributed by atoms with Crippen LogP contribution in [0.4, 0.5) is 4.39 Å². The predicted octanol–water partition coefficient (Wildman–Crippen LogP) is 5.01. The molecule has 3 aromatic rings. The number of methoxy groups -OCH3 is 2. The molecule has 164 valence electrons. The summed E-state index contributed by atoms with van der Waals surface area (Å²) in [4.78, 5) is 12.8. The lowest BCUT2D eigenvalue weighted by Gasteiger charge is -2.14. The van der Waals surface area contributed by atoms with Crippen molar-refractivity contribution in [3.63, 3.8) is 0 Å². The van der Waals surface area contributed by atoms with Gasteiger partial charge in [0.25, 0.3) is 5.91 Å². The first-order valence-corrected chi connectivity index (χ1v) is 10.4. The number of ether oxygens (including phenoxy) is 2. The number of aromatic nitrogens is 2. The van der Waals surface area contributed by atoms with E-state index in [0.717, 1.165) is 25.7 Å². The van der Waals surface area contributed by atoms with Gasteiger partial charge in [0.15, 0.2) is 5.69 Å². The topological polar surface area (TPSA) is 65.4 Å². The second kappa shape index (κ2) is 10.6. The fraction of sp³-hybridized carbons (Fsp3) is 0.333. The summed E-state index contributed by atoms with van der Waals surface area (Å²) in [7, 11) is 3.14. The maximum absolute atomic E-state index is 13.5. The van der Waals surface area contributed by atoms with Gasteiger partial charge in [-0.3, -0.25) is 4.79 Å². The number of hydrogen-bond donors (Lipinski definition) is 1. The number of carbonyl (C=O) groups is 1. The molecule has 1 aromatic heterocycles. The minimum Gasteiger partial charge on any atom is -0.496 e. The molecule has 3 rings (SSSR count). The van der Waals surface area contributed by atoms with E-state index >= 15 is 0 Å². The fourth-order valence-electron chi connectivity index (χ4n) is 3.40. The van der Waals surface area contributed by atoms with Gasteiger partial charge in [0.05, 0.1) is 31.2 Å². The second-order valence-corrected chi connectivity index (χ2v) is 7.16. The lowest BCUT2D eigenvalue weighted by atomic mass is 10.1. The van der Waals surface area contributed by atoms with E-state index in [1.54, 1.807) is 37.1 Å². The van der Waals surface area contributed by atoms with E-state index in [2.05, 4.69) is 17.3 Å². The Morgan fingerprint density at radius 2 is 1.71 bits per heavy atom. The van der Waals surface area contributed by atoms with Gasteiger partial charge in [0.1, 0.15) is 17.3 Å². The molecule has 31 heavy (non-hydrogen) atoms. The molecule has 0 aliphatic heterocycles. The van der Waals surface area contributed by atoms with Gasteiger partial charge in [0.2, 0.25) is 0 Å². The van der Waals surface area contributed by atoms with Crippen molar-refractivity contribution in [1.29, 1.82) is 0 Å². The van der Waals surface area contributed by atoms with Crippen LogP contribution in [0.15, 0.2) is 48.5 Å². The standard InChI is InChI=1S/C24H28FN3O3/c1-4-5-6-7-15-26-24(29)19-16-20(23-21(30-2)9-8-10-22(23)31-3)28(27-19)18-13-11-17(25)12-14-18/h8-14,16H,4-7,15H2,1-3H3,(H,26,29). The first-order chi connectivity index (χ1) is 15.1. The van der Waals surface area contributed by atoms with Crippen LogP contribution in [-0.4, -0.2) is 36.5 Å². The van der Waals surface area contributed by atoms with Crippen LogP contribution in [-0.2, 0) is 0 Å². The Kier molecular flexibility index (Phi) is 7.65. The summed E-state index contributed by atoms with van der Waals surface area (Å²) in [5.41, 5.74) is 2.15. The van der Waals surface area contributed by atoms with E-state index < -0.39 is 0 Å². The number of unbranched alkanes of at least 4 members (excludes halogenated alkanes) is 3. The van der Waals surface area contributed by atoms with Crippen molar-refractivity contribution < 1.29 is 18.7 Å². The number of amides is 1. The zero-order chi connectivity index (χ0) is 22.2. The number of rotatable bonds is 10. The van der Waals surface area contributed by atoms with Gasteiger partial charge in [-0.2, -0.15) is 5.10 Å². The largest absolute Gasteiger partial charge is 0.496 e. The molecule has 0 saturated heterocycles. The van der Waals surface area contributed by atoms with E-state index in [4.69, 9.17) is 9.47 Å².